The third kappa shape index (κ3) is 4.37. The van der Waals surface area contributed by atoms with Gasteiger partial charge < -0.3 is 10.6 Å². The number of anilines is 1. The monoisotopic (exact) mass is 397 g/mol. The topological polar surface area (TPSA) is 71.8 Å². The normalized spacial score (nSPS) is 23.7. The first-order valence-corrected chi connectivity index (χ1v) is 8.70. The van der Waals surface area contributed by atoms with Gasteiger partial charge in [0.15, 0.2) is 5.82 Å². The number of aryl methyl sites for hydroxylation is 1. The van der Waals surface area contributed by atoms with Crippen LogP contribution in [0.2, 0.25) is 0 Å². The van der Waals surface area contributed by atoms with Crippen molar-refractivity contribution in [1.82, 2.24) is 19.9 Å². The number of rotatable bonds is 4. The average Bonchev–Trinajstić information content (AvgIpc) is 3.13. The molecule has 2 saturated heterocycles. The van der Waals surface area contributed by atoms with E-state index in [1.54, 1.807) is 12.4 Å². The first-order valence-electron chi connectivity index (χ1n) is 8.70. The van der Waals surface area contributed by atoms with Gasteiger partial charge in [0.1, 0.15) is 5.82 Å². The maximum atomic E-state index is 12.5. The molecule has 2 N–H and O–H groups in total. The van der Waals surface area contributed by atoms with E-state index in [1.807, 2.05) is 29.8 Å². The van der Waals surface area contributed by atoms with Crippen molar-refractivity contribution < 1.29 is 4.79 Å². The highest BCUT2D eigenvalue weighted by molar-refractivity contribution is 5.92. The number of imidazole rings is 1. The molecule has 0 spiro atoms. The number of hydrogen-bond acceptors (Lipinski definition) is 4. The molecule has 0 saturated carbocycles. The minimum Gasteiger partial charge on any atom is -0.323 e. The summed E-state index contributed by atoms with van der Waals surface area (Å²) in [6, 6.07) is 4.97. The SMILES string of the molecule is Cc1nccn1-c1ncccc1NC(=O)CC1CC2CCC(C1)N2.Cl.Cl. The number of carbonyl (C=O) groups excluding carboxylic acids is 1. The van der Waals surface area contributed by atoms with Gasteiger partial charge in [-0.2, -0.15) is 0 Å². The lowest BCUT2D eigenvalue weighted by Crippen LogP contribution is -2.39. The van der Waals surface area contributed by atoms with Crippen LogP contribution in [0.1, 0.15) is 37.9 Å². The van der Waals surface area contributed by atoms with E-state index in [9.17, 15) is 4.79 Å². The largest absolute Gasteiger partial charge is 0.323 e. The molecule has 0 aromatic carbocycles. The highest BCUT2D eigenvalue weighted by atomic mass is 35.5. The molecule has 1 amide bonds. The summed E-state index contributed by atoms with van der Waals surface area (Å²) in [5, 5.41) is 6.68. The molecule has 26 heavy (non-hydrogen) atoms. The number of pyridine rings is 1. The number of halogens is 2. The van der Waals surface area contributed by atoms with Crippen molar-refractivity contribution in [2.75, 3.05) is 5.32 Å². The summed E-state index contributed by atoms with van der Waals surface area (Å²) in [5.41, 5.74) is 0.737. The fourth-order valence-electron chi connectivity index (χ4n) is 4.09. The van der Waals surface area contributed by atoms with Crippen LogP contribution in [0, 0.1) is 12.8 Å². The Bertz CT molecular complexity index is 739. The predicted molar refractivity (Wildman–Crippen MR) is 107 cm³/mol. The third-order valence-electron chi connectivity index (χ3n) is 5.16. The summed E-state index contributed by atoms with van der Waals surface area (Å²) in [6.45, 7) is 1.92. The molecule has 2 atom stereocenters. The van der Waals surface area contributed by atoms with Crippen molar-refractivity contribution in [3.05, 3.63) is 36.5 Å². The highest BCUT2D eigenvalue weighted by Gasteiger charge is 2.34. The van der Waals surface area contributed by atoms with Gasteiger partial charge in [-0.1, -0.05) is 0 Å². The number of carbonyl (C=O) groups is 1. The molecular weight excluding hydrogens is 373 g/mol. The standard InChI is InChI=1S/C18H23N5O.2ClH/c1-12-19-7-8-23(12)18-16(3-2-6-20-18)22-17(24)11-13-9-14-4-5-15(10-13)21-14;;/h2-3,6-8,13-15,21H,4-5,9-11H2,1H3,(H,22,24);2*1H. The maximum Gasteiger partial charge on any atom is 0.224 e. The van der Waals surface area contributed by atoms with Crippen LogP contribution in [0.25, 0.3) is 5.82 Å². The van der Waals surface area contributed by atoms with Crippen molar-refractivity contribution in [2.24, 2.45) is 5.92 Å². The smallest absolute Gasteiger partial charge is 0.224 e. The second-order valence-electron chi connectivity index (χ2n) is 6.95. The van der Waals surface area contributed by atoms with Crippen molar-refractivity contribution in [2.45, 2.75) is 51.1 Å². The van der Waals surface area contributed by atoms with Gasteiger partial charge in [-0.25, -0.2) is 9.97 Å². The molecule has 4 rings (SSSR count). The lowest BCUT2D eigenvalue weighted by Gasteiger charge is -2.28. The van der Waals surface area contributed by atoms with Gasteiger partial charge in [-0.3, -0.25) is 9.36 Å². The van der Waals surface area contributed by atoms with Crippen molar-refractivity contribution >= 4 is 36.4 Å². The molecule has 2 fully saturated rings. The predicted octanol–water partition coefficient (Wildman–Crippen LogP) is 3.28. The number of aromatic nitrogens is 3. The second kappa shape index (κ2) is 8.84. The Morgan fingerprint density at radius 2 is 1.96 bits per heavy atom. The fourth-order valence-corrected chi connectivity index (χ4v) is 4.09. The van der Waals surface area contributed by atoms with Crippen LogP contribution in [-0.2, 0) is 4.79 Å². The minimum absolute atomic E-state index is 0. The first kappa shape index (κ1) is 20.7. The zero-order valence-electron chi connectivity index (χ0n) is 14.7. The molecule has 142 valence electrons. The van der Waals surface area contributed by atoms with E-state index in [1.165, 1.54) is 12.8 Å². The minimum atomic E-state index is 0. The lowest BCUT2D eigenvalue weighted by molar-refractivity contribution is -0.117. The molecule has 2 unspecified atom stereocenters. The van der Waals surface area contributed by atoms with Gasteiger partial charge in [-0.15, -0.1) is 24.8 Å². The van der Waals surface area contributed by atoms with E-state index in [2.05, 4.69) is 20.6 Å². The van der Waals surface area contributed by atoms with Gasteiger partial charge >= 0.3 is 0 Å². The quantitative estimate of drug-likeness (QED) is 0.829. The van der Waals surface area contributed by atoms with Gasteiger partial charge in [0, 0.05) is 37.1 Å². The van der Waals surface area contributed by atoms with Crippen LogP contribution in [0.4, 0.5) is 5.69 Å². The number of amides is 1. The second-order valence-corrected chi connectivity index (χ2v) is 6.95. The van der Waals surface area contributed by atoms with Crippen LogP contribution in [-0.4, -0.2) is 32.5 Å². The summed E-state index contributed by atoms with van der Waals surface area (Å²) in [5.74, 6) is 2.12. The van der Waals surface area contributed by atoms with Crippen LogP contribution < -0.4 is 10.6 Å². The summed E-state index contributed by atoms with van der Waals surface area (Å²) < 4.78 is 1.89. The molecule has 2 aromatic heterocycles. The van der Waals surface area contributed by atoms with Gasteiger partial charge in [0.2, 0.25) is 5.91 Å². The Balaban J connectivity index is 0.00000121. The average molecular weight is 398 g/mol. The molecule has 8 heteroatoms. The van der Waals surface area contributed by atoms with E-state index < -0.39 is 0 Å². The number of hydrogen-bond donors (Lipinski definition) is 2. The number of nitrogens with one attached hydrogen (secondary N) is 2. The van der Waals surface area contributed by atoms with Crippen molar-refractivity contribution in [1.29, 1.82) is 0 Å². The molecular formula is C18H25Cl2N5O. The Morgan fingerprint density at radius 1 is 1.23 bits per heavy atom. The zero-order chi connectivity index (χ0) is 16.5. The first-order chi connectivity index (χ1) is 11.7. The van der Waals surface area contributed by atoms with Crippen LogP contribution >= 0.6 is 24.8 Å². The van der Waals surface area contributed by atoms with E-state index in [4.69, 9.17) is 0 Å². The van der Waals surface area contributed by atoms with Crippen LogP contribution in [0.3, 0.4) is 0 Å². The van der Waals surface area contributed by atoms with Gasteiger partial charge in [0.05, 0.1) is 5.69 Å². The van der Waals surface area contributed by atoms with Gasteiger partial charge in [-0.05, 0) is 50.7 Å². The molecule has 2 aliphatic heterocycles. The number of fused-ring (bicyclic) bond motifs is 2. The van der Waals surface area contributed by atoms with E-state index in [0.29, 0.717) is 30.2 Å². The van der Waals surface area contributed by atoms with E-state index in [-0.39, 0.29) is 30.7 Å². The van der Waals surface area contributed by atoms with Crippen molar-refractivity contribution in [3.63, 3.8) is 0 Å². The Kier molecular flexibility index (Phi) is 7.03. The molecule has 4 heterocycles. The van der Waals surface area contributed by atoms with Crippen LogP contribution in [0.5, 0.6) is 0 Å². The summed E-state index contributed by atoms with van der Waals surface area (Å²) >= 11 is 0. The Morgan fingerprint density at radius 3 is 2.62 bits per heavy atom. The highest BCUT2D eigenvalue weighted by Crippen LogP contribution is 2.33. The molecule has 2 bridgehead atoms. The summed E-state index contributed by atoms with van der Waals surface area (Å²) in [4.78, 5) is 21.2. The van der Waals surface area contributed by atoms with E-state index >= 15 is 0 Å². The Hall–Kier alpha value is -1.63. The third-order valence-corrected chi connectivity index (χ3v) is 5.16. The molecule has 6 nitrogen and oxygen atoms in total. The van der Waals surface area contributed by atoms with E-state index in [0.717, 1.165) is 24.4 Å². The number of piperidine rings is 1. The summed E-state index contributed by atoms with van der Waals surface area (Å²) in [7, 11) is 0. The zero-order valence-corrected chi connectivity index (χ0v) is 16.4. The van der Waals surface area contributed by atoms with Crippen molar-refractivity contribution in [3.8, 4) is 5.82 Å². The maximum absolute atomic E-state index is 12.5. The molecule has 0 radical (unpaired) electrons. The fraction of sp³-hybridized carbons (Fsp3) is 0.500. The lowest BCUT2D eigenvalue weighted by atomic mass is 9.89. The number of nitrogens with zero attached hydrogens (tertiary/aromatic N) is 3. The molecule has 0 aliphatic carbocycles. The molecule has 2 aliphatic rings. The Labute approximate surface area is 166 Å². The summed E-state index contributed by atoms with van der Waals surface area (Å²) in [6.07, 6.45) is 10.7. The molecule has 2 aromatic rings. The van der Waals surface area contributed by atoms with Crippen LogP contribution in [0.15, 0.2) is 30.7 Å². The van der Waals surface area contributed by atoms with Gasteiger partial charge in [0.25, 0.3) is 0 Å².